The van der Waals surface area contributed by atoms with Crippen molar-refractivity contribution in [1.82, 2.24) is 4.98 Å². The molecule has 0 unspecified atom stereocenters. The molecule has 6 heteroatoms. The van der Waals surface area contributed by atoms with Gasteiger partial charge in [0, 0.05) is 26.9 Å². The highest BCUT2D eigenvalue weighted by Crippen LogP contribution is 2.39. The average Bonchev–Trinajstić information content (AvgIpc) is 3.10. The lowest BCUT2D eigenvalue weighted by atomic mass is 9.91. The van der Waals surface area contributed by atoms with Crippen molar-refractivity contribution in [2.45, 2.75) is 63.2 Å². The third-order valence-electron chi connectivity index (χ3n) is 8.77. The number of hydrogen-bond acceptors (Lipinski definition) is 5. The van der Waals surface area contributed by atoms with Gasteiger partial charge in [0.1, 0.15) is 5.75 Å². The molecule has 5 nitrogen and oxygen atoms in total. The summed E-state index contributed by atoms with van der Waals surface area (Å²) in [4.78, 5) is 17.7. The van der Waals surface area contributed by atoms with E-state index in [1.807, 2.05) is 30.3 Å². The molecule has 0 bridgehead atoms. The van der Waals surface area contributed by atoms with Crippen LogP contribution in [-0.4, -0.2) is 22.7 Å². The Bertz CT molecular complexity index is 2030. The Labute approximate surface area is 288 Å². The first-order valence-corrected chi connectivity index (χ1v) is 17.4. The van der Waals surface area contributed by atoms with Crippen LogP contribution in [0.4, 0.5) is 11.4 Å². The number of unbranched alkanes of at least 4 members (excludes halogenated alkanes) is 7. The molecule has 0 fully saturated rings. The molecule has 6 aromatic rings. The monoisotopic (exact) mass is 654 g/mol. The van der Waals surface area contributed by atoms with Crippen molar-refractivity contribution < 1.29 is 14.6 Å². The molecule has 48 heavy (non-hydrogen) atoms. The van der Waals surface area contributed by atoms with Gasteiger partial charge in [-0.2, -0.15) is 0 Å². The number of nitrogens with zero attached hydrogens (tertiary/aromatic N) is 1. The van der Waals surface area contributed by atoms with Crippen molar-refractivity contribution in [3.05, 3.63) is 115 Å². The van der Waals surface area contributed by atoms with Gasteiger partial charge in [-0.25, -0.2) is 9.78 Å². The average molecular weight is 655 g/mol. The van der Waals surface area contributed by atoms with Gasteiger partial charge in [-0.3, -0.25) is 0 Å². The van der Waals surface area contributed by atoms with Crippen LogP contribution in [0, 0.1) is 0 Å². The third kappa shape index (κ3) is 8.00. The van der Waals surface area contributed by atoms with E-state index in [0.717, 1.165) is 68.5 Å². The second kappa shape index (κ2) is 15.9. The number of aromatic carboxylic acids is 1. The summed E-state index contributed by atoms with van der Waals surface area (Å²) in [6.07, 6.45) is 10.2. The molecule has 5 aromatic carbocycles. The van der Waals surface area contributed by atoms with Crippen LogP contribution in [0.15, 0.2) is 114 Å². The number of benzene rings is 5. The highest BCUT2D eigenvalue weighted by Gasteiger charge is 2.16. The van der Waals surface area contributed by atoms with Gasteiger partial charge in [0.2, 0.25) is 0 Å². The third-order valence-corrected chi connectivity index (χ3v) is 9.05. The Morgan fingerprint density at radius 2 is 1.50 bits per heavy atom. The van der Waals surface area contributed by atoms with E-state index in [1.54, 1.807) is 18.2 Å². The molecule has 2 N–H and O–H groups in total. The van der Waals surface area contributed by atoms with Gasteiger partial charge in [-0.05, 0) is 71.6 Å². The maximum absolute atomic E-state index is 11.9. The topological polar surface area (TPSA) is 71.5 Å². The number of aromatic nitrogens is 1. The largest absolute Gasteiger partial charge is 0.494 e. The molecule has 1 aromatic heterocycles. The van der Waals surface area contributed by atoms with Crippen LogP contribution in [0.1, 0.15) is 68.6 Å². The van der Waals surface area contributed by atoms with Gasteiger partial charge in [-0.1, -0.05) is 113 Å². The van der Waals surface area contributed by atoms with E-state index in [-0.39, 0.29) is 5.56 Å². The van der Waals surface area contributed by atoms with Gasteiger partial charge < -0.3 is 15.2 Å². The lowest BCUT2D eigenvalue weighted by Crippen LogP contribution is -2.03. The second-order valence-electron chi connectivity index (χ2n) is 12.3. The van der Waals surface area contributed by atoms with Crippen LogP contribution >= 0.6 is 12.6 Å². The summed E-state index contributed by atoms with van der Waals surface area (Å²) in [5.41, 5.74) is 7.44. The van der Waals surface area contributed by atoms with Crippen molar-refractivity contribution in [2.75, 3.05) is 11.9 Å². The first kappa shape index (κ1) is 33.1. The first-order valence-electron chi connectivity index (χ1n) is 17.0. The Balaban J connectivity index is 1.30. The standard InChI is InChI=1S/C42H42N2O3S/c1-2-3-4-5-6-7-8-12-24-47-34-17-13-16-30(26-34)36-22-19-32-25-31-18-20-33(43-38-23-21-35(48)28-37(38)42(45)46)27-39(31)44-41(32)40(36)29-14-10-9-11-15-29/h9-11,13-23,25-28,43,48H,2-8,12,24H2,1H3,(H,45,46). The second-order valence-corrected chi connectivity index (χ2v) is 12.8. The zero-order valence-corrected chi connectivity index (χ0v) is 28.3. The quantitative estimate of drug-likeness (QED) is 0.0584. The Hall–Kier alpha value is -4.81. The number of fused-ring (bicyclic) bond motifs is 2. The molecule has 0 saturated heterocycles. The molecule has 6 rings (SSSR count). The van der Waals surface area contributed by atoms with Gasteiger partial charge in [-0.15, -0.1) is 12.6 Å². The number of carbonyl (C=O) groups is 1. The maximum atomic E-state index is 11.9. The summed E-state index contributed by atoms with van der Waals surface area (Å²) in [6, 6.07) is 36.2. The first-order chi connectivity index (χ1) is 23.5. The molecule has 244 valence electrons. The Morgan fingerprint density at radius 3 is 2.29 bits per heavy atom. The summed E-state index contributed by atoms with van der Waals surface area (Å²) in [5, 5.41) is 15.1. The van der Waals surface area contributed by atoms with Gasteiger partial charge >= 0.3 is 5.97 Å². The number of anilines is 2. The van der Waals surface area contributed by atoms with Crippen molar-refractivity contribution in [2.24, 2.45) is 0 Å². The summed E-state index contributed by atoms with van der Waals surface area (Å²) >= 11 is 4.31. The molecule has 0 amide bonds. The van der Waals surface area contributed by atoms with Crippen molar-refractivity contribution in [1.29, 1.82) is 0 Å². The summed E-state index contributed by atoms with van der Waals surface area (Å²) < 4.78 is 6.23. The van der Waals surface area contributed by atoms with Crippen LogP contribution in [0.3, 0.4) is 0 Å². The van der Waals surface area contributed by atoms with Gasteiger partial charge in [0.25, 0.3) is 0 Å². The van der Waals surface area contributed by atoms with Crippen molar-refractivity contribution in [3.8, 4) is 28.0 Å². The minimum absolute atomic E-state index is 0.161. The number of hydrogen-bond donors (Lipinski definition) is 3. The molecular weight excluding hydrogens is 613 g/mol. The van der Waals surface area contributed by atoms with Gasteiger partial charge in [0.15, 0.2) is 0 Å². The van der Waals surface area contributed by atoms with Gasteiger partial charge in [0.05, 0.1) is 28.9 Å². The molecule has 1 heterocycles. The highest BCUT2D eigenvalue weighted by atomic mass is 32.1. The summed E-state index contributed by atoms with van der Waals surface area (Å²) in [5.74, 6) is -0.135. The van der Waals surface area contributed by atoms with E-state index in [9.17, 15) is 9.90 Å². The number of thiol groups is 1. The number of ether oxygens (including phenoxy) is 1. The van der Waals surface area contributed by atoms with Crippen molar-refractivity contribution in [3.63, 3.8) is 0 Å². The van der Waals surface area contributed by atoms with E-state index >= 15 is 0 Å². The minimum atomic E-state index is -1.01. The summed E-state index contributed by atoms with van der Waals surface area (Å²) in [6.45, 7) is 2.98. The maximum Gasteiger partial charge on any atom is 0.337 e. The van der Waals surface area contributed by atoms with E-state index in [1.165, 1.54) is 44.9 Å². The van der Waals surface area contributed by atoms with Crippen LogP contribution in [0.2, 0.25) is 0 Å². The molecule has 0 aliphatic carbocycles. The fraction of sp³-hybridized carbons (Fsp3) is 0.238. The molecule has 0 aliphatic heterocycles. The summed E-state index contributed by atoms with van der Waals surface area (Å²) in [7, 11) is 0. The van der Waals surface area contributed by atoms with Crippen LogP contribution in [0.25, 0.3) is 44.1 Å². The Kier molecular flexibility index (Phi) is 10.9. The zero-order chi connectivity index (χ0) is 33.3. The Morgan fingerprint density at radius 1 is 0.750 bits per heavy atom. The molecule has 0 aliphatic rings. The van der Waals surface area contributed by atoms with Crippen LogP contribution in [-0.2, 0) is 0 Å². The van der Waals surface area contributed by atoms with E-state index in [2.05, 4.69) is 85.5 Å². The fourth-order valence-corrected chi connectivity index (χ4v) is 6.47. The van der Waals surface area contributed by atoms with E-state index < -0.39 is 5.97 Å². The zero-order valence-electron chi connectivity index (χ0n) is 27.4. The number of carboxylic acid groups (broad SMARTS) is 1. The lowest BCUT2D eigenvalue weighted by Gasteiger charge is -2.16. The number of nitrogens with one attached hydrogen (secondary N) is 1. The molecule has 0 atom stereocenters. The number of rotatable bonds is 15. The highest BCUT2D eigenvalue weighted by molar-refractivity contribution is 7.80. The van der Waals surface area contributed by atoms with Crippen LogP contribution in [0.5, 0.6) is 5.75 Å². The molecule has 0 radical (unpaired) electrons. The van der Waals surface area contributed by atoms with Crippen molar-refractivity contribution >= 4 is 51.8 Å². The molecule has 0 spiro atoms. The minimum Gasteiger partial charge on any atom is -0.494 e. The predicted octanol–water partition coefficient (Wildman–Crippen LogP) is 12.0. The van der Waals surface area contributed by atoms with E-state index in [0.29, 0.717) is 10.6 Å². The smallest absolute Gasteiger partial charge is 0.337 e. The predicted molar refractivity (Wildman–Crippen MR) is 202 cm³/mol. The number of pyridine rings is 1. The SMILES string of the molecule is CCCCCCCCCCOc1cccc(-c2ccc3cc4ccc(Nc5ccc(S)cc5C(=O)O)cc4nc3c2-c2ccccc2)c1. The van der Waals surface area contributed by atoms with Crippen LogP contribution < -0.4 is 10.1 Å². The van der Waals surface area contributed by atoms with E-state index in [4.69, 9.17) is 9.72 Å². The molecule has 0 saturated carbocycles. The normalized spacial score (nSPS) is 11.2. The fourth-order valence-electron chi connectivity index (χ4n) is 6.26. The number of carboxylic acids is 1. The molecular formula is C42H42N2O3S. The lowest BCUT2D eigenvalue weighted by molar-refractivity contribution is 0.0697.